The van der Waals surface area contributed by atoms with E-state index in [0.717, 1.165) is 41.0 Å². The molecule has 5 nitrogen and oxygen atoms in total. The summed E-state index contributed by atoms with van der Waals surface area (Å²) in [6.07, 6.45) is 6.02. The highest BCUT2D eigenvalue weighted by Crippen LogP contribution is 2.42. The van der Waals surface area contributed by atoms with Crippen LogP contribution >= 0.6 is 0 Å². The summed E-state index contributed by atoms with van der Waals surface area (Å²) in [4.78, 5) is 12.6. The van der Waals surface area contributed by atoms with E-state index in [1.54, 1.807) is 17.3 Å². The number of aliphatic carboxylic acids is 1. The quantitative estimate of drug-likeness (QED) is 0.466. The summed E-state index contributed by atoms with van der Waals surface area (Å²) in [6, 6.07) is 6.88. The van der Waals surface area contributed by atoms with E-state index in [2.05, 4.69) is 10.2 Å². The number of halogens is 3. The molecule has 1 unspecified atom stereocenters. The Balaban J connectivity index is 1.86. The van der Waals surface area contributed by atoms with Gasteiger partial charge in [-0.3, -0.25) is 10.00 Å². The van der Waals surface area contributed by atoms with Crippen LogP contribution in [-0.2, 0) is 11.2 Å². The highest BCUT2D eigenvalue weighted by atomic mass is 19.1. The van der Waals surface area contributed by atoms with Gasteiger partial charge in [0.25, 0.3) is 0 Å². The van der Waals surface area contributed by atoms with Crippen LogP contribution in [0.1, 0.15) is 49.1 Å². The van der Waals surface area contributed by atoms with Crippen molar-refractivity contribution >= 4 is 12.0 Å². The summed E-state index contributed by atoms with van der Waals surface area (Å²) in [7, 11) is 0. The minimum absolute atomic E-state index is 0.0126. The SMILES string of the molecule is C[C@@H]1Cc2cc(-c3cn[nH]c3)ccc2C(c2c(F)cc(/C=C/C(=O)O)cc2F)N1CC(C)(C)F. The van der Waals surface area contributed by atoms with Crippen LogP contribution in [0.4, 0.5) is 13.2 Å². The monoisotopic (exact) mass is 469 g/mol. The van der Waals surface area contributed by atoms with E-state index in [1.807, 2.05) is 25.1 Å². The Morgan fingerprint density at radius 1 is 1.24 bits per heavy atom. The summed E-state index contributed by atoms with van der Waals surface area (Å²) >= 11 is 0. The third kappa shape index (κ3) is 4.92. The summed E-state index contributed by atoms with van der Waals surface area (Å²) in [5.74, 6) is -2.84. The van der Waals surface area contributed by atoms with E-state index >= 15 is 8.78 Å². The molecule has 8 heteroatoms. The van der Waals surface area contributed by atoms with Crippen LogP contribution in [0, 0.1) is 11.6 Å². The average molecular weight is 470 g/mol. The number of benzene rings is 2. The molecule has 2 N–H and O–H groups in total. The van der Waals surface area contributed by atoms with Crippen LogP contribution in [0.25, 0.3) is 17.2 Å². The number of H-pyrrole nitrogens is 1. The first-order valence-electron chi connectivity index (χ1n) is 11.0. The number of carbonyl (C=O) groups is 1. The molecule has 3 aromatic rings. The first-order chi connectivity index (χ1) is 16.0. The summed E-state index contributed by atoms with van der Waals surface area (Å²) in [5, 5.41) is 15.6. The van der Waals surface area contributed by atoms with Gasteiger partial charge in [-0.1, -0.05) is 18.2 Å². The Morgan fingerprint density at radius 3 is 2.53 bits per heavy atom. The molecule has 2 heterocycles. The molecule has 0 spiro atoms. The lowest BCUT2D eigenvalue weighted by Gasteiger charge is -2.44. The van der Waals surface area contributed by atoms with Crippen molar-refractivity contribution in [1.82, 2.24) is 15.1 Å². The van der Waals surface area contributed by atoms with Crippen LogP contribution in [0.3, 0.4) is 0 Å². The second kappa shape index (κ2) is 9.10. The number of carboxylic acid groups (broad SMARTS) is 1. The number of aromatic amines is 1. The molecule has 0 radical (unpaired) electrons. The molecule has 1 aliphatic rings. The molecule has 178 valence electrons. The van der Waals surface area contributed by atoms with Crippen molar-refractivity contribution in [3.63, 3.8) is 0 Å². The molecule has 0 aliphatic carbocycles. The standard InChI is InChI=1S/C26H26F3N3O2/c1-15-8-18-11-17(19-12-30-31-13-19)5-6-20(18)25(32(15)14-26(2,3)29)24-21(27)9-16(10-22(24)28)4-7-23(33)34/h4-7,9-13,15,25H,8,14H2,1-3H3,(H,30,31)(H,33,34)/b7-4+/t15-,25?/m1/s1. The van der Waals surface area contributed by atoms with Gasteiger partial charge in [0.05, 0.1) is 12.2 Å². The average Bonchev–Trinajstić information content (AvgIpc) is 3.27. The van der Waals surface area contributed by atoms with E-state index in [0.29, 0.717) is 12.0 Å². The largest absolute Gasteiger partial charge is 0.478 e. The molecular weight excluding hydrogens is 443 g/mol. The van der Waals surface area contributed by atoms with Gasteiger partial charge < -0.3 is 5.11 Å². The Bertz CT molecular complexity index is 1210. The van der Waals surface area contributed by atoms with Gasteiger partial charge in [-0.25, -0.2) is 18.0 Å². The molecule has 0 saturated heterocycles. The van der Waals surface area contributed by atoms with Crippen LogP contribution < -0.4 is 0 Å². The lowest BCUT2D eigenvalue weighted by molar-refractivity contribution is -0.131. The lowest BCUT2D eigenvalue weighted by atomic mass is 9.82. The highest BCUT2D eigenvalue weighted by Gasteiger charge is 2.39. The van der Waals surface area contributed by atoms with Gasteiger partial charge in [0.1, 0.15) is 17.3 Å². The smallest absolute Gasteiger partial charge is 0.328 e. The minimum atomic E-state index is -1.59. The Hall–Kier alpha value is -3.39. The summed E-state index contributed by atoms with van der Waals surface area (Å²) in [5.41, 5.74) is 1.79. The molecule has 0 bridgehead atoms. The van der Waals surface area contributed by atoms with E-state index in [4.69, 9.17) is 5.11 Å². The minimum Gasteiger partial charge on any atom is -0.478 e. The molecular formula is C26H26F3N3O2. The lowest BCUT2D eigenvalue weighted by Crippen LogP contribution is -2.48. The van der Waals surface area contributed by atoms with Gasteiger partial charge in [-0.05, 0) is 67.7 Å². The predicted molar refractivity (Wildman–Crippen MR) is 124 cm³/mol. The van der Waals surface area contributed by atoms with Gasteiger partial charge in [0.2, 0.25) is 0 Å². The van der Waals surface area contributed by atoms with Gasteiger partial charge in [0, 0.05) is 36.0 Å². The molecule has 0 saturated carbocycles. The van der Waals surface area contributed by atoms with Crippen LogP contribution in [-0.4, -0.2) is 44.4 Å². The maximum absolute atomic E-state index is 15.4. The number of hydrogen-bond acceptors (Lipinski definition) is 3. The topological polar surface area (TPSA) is 69.2 Å². The van der Waals surface area contributed by atoms with Crippen molar-refractivity contribution in [1.29, 1.82) is 0 Å². The molecule has 0 fully saturated rings. The second-order valence-corrected chi connectivity index (χ2v) is 9.32. The van der Waals surface area contributed by atoms with Crippen molar-refractivity contribution in [3.05, 3.63) is 82.7 Å². The molecule has 2 atom stereocenters. The number of alkyl halides is 1. The first-order valence-corrected chi connectivity index (χ1v) is 11.0. The zero-order valence-electron chi connectivity index (χ0n) is 19.1. The first kappa shape index (κ1) is 23.8. The van der Waals surface area contributed by atoms with E-state index in [-0.39, 0.29) is 23.7 Å². The summed E-state index contributed by atoms with van der Waals surface area (Å²) in [6.45, 7) is 4.80. The van der Waals surface area contributed by atoms with E-state index in [1.165, 1.54) is 13.8 Å². The normalized spacial score (nSPS) is 18.9. The Morgan fingerprint density at radius 2 is 1.94 bits per heavy atom. The van der Waals surface area contributed by atoms with Gasteiger partial charge in [-0.15, -0.1) is 0 Å². The molecule has 34 heavy (non-hydrogen) atoms. The van der Waals surface area contributed by atoms with Crippen molar-refractivity contribution in [3.8, 4) is 11.1 Å². The molecule has 0 amide bonds. The Labute approximate surface area is 195 Å². The number of nitrogens with zero attached hydrogens (tertiary/aromatic N) is 2. The van der Waals surface area contributed by atoms with Crippen LogP contribution in [0.2, 0.25) is 0 Å². The van der Waals surface area contributed by atoms with E-state index in [9.17, 15) is 9.18 Å². The number of hydrogen-bond donors (Lipinski definition) is 2. The molecule has 1 aliphatic heterocycles. The third-order valence-electron chi connectivity index (χ3n) is 6.03. The Kier molecular flexibility index (Phi) is 6.36. The van der Waals surface area contributed by atoms with Gasteiger partial charge in [-0.2, -0.15) is 5.10 Å². The third-order valence-corrected chi connectivity index (χ3v) is 6.03. The second-order valence-electron chi connectivity index (χ2n) is 9.32. The molecule has 4 rings (SSSR count). The maximum Gasteiger partial charge on any atom is 0.328 e. The number of nitrogens with one attached hydrogen (secondary N) is 1. The van der Waals surface area contributed by atoms with Crippen molar-refractivity contribution in [2.75, 3.05) is 6.54 Å². The number of carboxylic acids is 1. The maximum atomic E-state index is 15.4. The van der Waals surface area contributed by atoms with E-state index < -0.39 is 29.3 Å². The van der Waals surface area contributed by atoms with Crippen LogP contribution in [0.15, 0.2) is 48.8 Å². The fourth-order valence-electron chi connectivity index (χ4n) is 4.64. The van der Waals surface area contributed by atoms with Crippen molar-refractivity contribution < 1.29 is 23.1 Å². The van der Waals surface area contributed by atoms with Gasteiger partial charge >= 0.3 is 5.97 Å². The summed E-state index contributed by atoms with van der Waals surface area (Å²) < 4.78 is 45.6. The van der Waals surface area contributed by atoms with Crippen molar-refractivity contribution in [2.45, 2.75) is 44.9 Å². The van der Waals surface area contributed by atoms with Crippen LogP contribution in [0.5, 0.6) is 0 Å². The fourth-order valence-corrected chi connectivity index (χ4v) is 4.64. The zero-order valence-corrected chi connectivity index (χ0v) is 19.1. The molecule has 2 aromatic carbocycles. The number of rotatable bonds is 6. The fraction of sp³-hybridized carbons (Fsp3) is 0.308. The number of fused-ring (bicyclic) bond motifs is 1. The predicted octanol–water partition coefficient (Wildman–Crippen LogP) is 5.54. The highest BCUT2D eigenvalue weighted by molar-refractivity contribution is 5.85. The zero-order chi connectivity index (χ0) is 24.6. The van der Waals surface area contributed by atoms with Gasteiger partial charge in [0.15, 0.2) is 0 Å². The van der Waals surface area contributed by atoms with Crippen molar-refractivity contribution in [2.24, 2.45) is 0 Å². The molecule has 1 aromatic heterocycles. The number of aromatic nitrogens is 2.